The van der Waals surface area contributed by atoms with Gasteiger partial charge < -0.3 is 5.73 Å². The Balaban J connectivity index is 2.23. The lowest BCUT2D eigenvalue weighted by molar-refractivity contribution is 0.665. The number of nitrogens with zero attached hydrogens (tertiary/aromatic N) is 1. The Morgan fingerprint density at radius 1 is 1.33 bits per heavy atom. The third-order valence-electron chi connectivity index (χ3n) is 2.54. The average molecular weight is 200 g/mol. The molecule has 0 saturated heterocycles. The standard InChI is InChI=1S/C13H16N2/c1-10(14)6-7-11-8-12-4-2-3-5-13(12)15-9-11/h2-5,8-10H,6-7,14H2,1H3. The molecule has 0 fully saturated rings. The highest BCUT2D eigenvalue weighted by Gasteiger charge is 1.99. The topological polar surface area (TPSA) is 38.9 Å². The molecule has 1 aromatic heterocycles. The lowest BCUT2D eigenvalue weighted by Crippen LogP contribution is -2.15. The van der Waals surface area contributed by atoms with E-state index in [1.807, 2.05) is 31.3 Å². The largest absolute Gasteiger partial charge is 0.328 e. The Kier molecular flexibility index (Phi) is 2.97. The van der Waals surface area contributed by atoms with Crippen LogP contribution in [-0.4, -0.2) is 11.0 Å². The van der Waals surface area contributed by atoms with E-state index in [9.17, 15) is 0 Å². The molecule has 15 heavy (non-hydrogen) atoms. The van der Waals surface area contributed by atoms with Crippen LogP contribution in [0.2, 0.25) is 0 Å². The molecule has 0 spiro atoms. The molecule has 0 aliphatic rings. The highest BCUT2D eigenvalue weighted by molar-refractivity contribution is 5.78. The summed E-state index contributed by atoms with van der Waals surface area (Å²) in [6, 6.07) is 10.6. The van der Waals surface area contributed by atoms with Crippen molar-refractivity contribution in [2.75, 3.05) is 0 Å². The molecule has 78 valence electrons. The number of aryl methyl sites for hydroxylation is 1. The van der Waals surface area contributed by atoms with Crippen LogP contribution >= 0.6 is 0 Å². The zero-order valence-electron chi connectivity index (χ0n) is 8.98. The first-order valence-corrected chi connectivity index (χ1v) is 5.35. The first kappa shape index (κ1) is 10.1. The smallest absolute Gasteiger partial charge is 0.0702 e. The molecule has 2 heteroatoms. The Hall–Kier alpha value is -1.41. The van der Waals surface area contributed by atoms with Crippen molar-refractivity contribution in [3.63, 3.8) is 0 Å². The third-order valence-corrected chi connectivity index (χ3v) is 2.54. The number of benzene rings is 1. The van der Waals surface area contributed by atoms with Crippen LogP contribution in [0.15, 0.2) is 36.5 Å². The molecule has 1 aromatic carbocycles. The highest BCUT2D eigenvalue weighted by Crippen LogP contribution is 2.13. The predicted octanol–water partition coefficient (Wildman–Crippen LogP) is 2.51. The summed E-state index contributed by atoms with van der Waals surface area (Å²) < 4.78 is 0. The first-order chi connectivity index (χ1) is 7.25. The Morgan fingerprint density at radius 3 is 2.93 bits per heavy atom. The second-order valence-electron chi connectivity index (χ2n) is 4.05. The second kappa shape index (κ2) is 4.41. The predicted molar refractivity (Wildman–Crippen MR) is 63.7 cm³/mol. The fourth-order valence-electron chi connectivity index (χ4n) is 1.65. The van der Waals surface area contributed by atoms with Crippen LogP contribution in [0.5, 0.6) is 0 Å². The van der Waals surface area contributed by atoms with Gasteiger partial charge in [-0.2, -0.15) is 0 Å². The van der Waals surface area contributed by atoms with E-state index in [1.54, 1.807) is 0 Å². The molecule has 2 N–H and O–H groups in total. The molecule has 0 amide bonds. The number of aromatic nitrogens is 1. The minimum Gasteiger partial charge on any atom is -0.328 e. The Morgan fingerprint density at radius 2 is 2.13 bits per heavy atom. The molecule has 0 radical (unpaired) electrons. The summed E-state index contributed by atoms with van der Waals surface area (Å²) >= 11 is 0. The van der Waals surface area contributed by atoms with Gasteiger partial charge in [-0.05, 0) is 37.5 Å². The van der Waals surface area contributed by atoms with Gasteiger partial charge in [0.1, 0.15) is 0 Å². The van der Waals surface area contributed by atoms with Crippen molar-refractivity contribution >= 4 is 10.9 Å². The lowest BCUT2D eigenvalue weighted by atomic mass is 10.1. The molecular formula is C13H16N2. The molecule has 1 atom stereocenters. The van der Waals surface area contributed by atoms with Crippen LogP contribution in [0.3, 0.4) is 0 Å². The average Bonchev–Trinajstić information content (AvgIpc) is 2.26. The van der Waals surface area contributed by atoms with Crippen LogP contribution in [0.4, 0.5) is 0 Å². The summed E-state index contributed by atoms with van der Waals surface area (Å²) in [5, 5.41) is 1.21. The molecule has 2 aromatic rings. The number of fused-ring (bicyclic) bond motifs is 1. The minimum atomic E-state index is 0.261. The third kappa shape index (κ3) is 2.54. The normalized spacial score (nSPS) is 12.9. The maximum absolute atomic E-state index is 5.73. The minimum absolute atomic E-state index is 0.261. The second-order valence-corrected chi connectivity index (χ2v) is 4.05. The van der Waals surface area contributed by atoms with E-state index in [0.29, 0.717) is 0 Å². The van der Waals surface area contributed by atoms with Crippen LogP contribution < -0.4 is 5.73 Å². The van der Waals surface area contributed by atoms with Crippen molar-refractivity contribution in [1.82, 2.24) is 4.98 Å². The Labute approximate surface area is 90.1 Å². The zero-order chi connectivity index (χ0) is 10.7. The number of rotatable bonds is 3. The van der Waals surface area contributed by atoms with Gasteiger partial charge in [0.15, 0.2) is 0 Å². The SMILES string of the molecule is CC(N)CCc1cnc2ccccc2c1. The van der Waals surface area contributed by atoms with Gasteiger partial charge in [0.25, 0.3) is 0 Å². The van der Waals surface area contributed by atoms with E-state index < -0.39 is 0 Å². The van der Waals surface area contributed by atoms with E-state index >= 15 is 0 Å². The molecule has 2 rings (SSSR count). The van der Waals surface area contributed by atoms with Gasteiger partial charge in [-0.1, -0.05) is 18.2 Å². The van der Waals surface area contributed by atoms with Crippen LogP contribution in [-0.2, 0) is 6.42 Å². The van der Waals surface area contributed by atoms with E-state index in [0.717, 1.165) is 18.4 Å². The van der Waals surface area contributed by atoms with E-state index in [-0.39, 0.29) is 6.04 Å². The van der Waals surface area contributed by atoms with Crippen LogP contribution in [0, 0.1) is 0 Å². The molecule has 0 aliphatic carbocycles. The zero-order valence-corrected chi connectivity index (χ0v) is 8.98. The monoisotopic (exact) mass is 200 g/mol. The highest BCUT2D eigenvalue weighted by atomic mass is 14.6. The van der Waals surface area contributed by atoms with E-state index in [4.69, 9.17) is 5.73 Å². The number of nitrogens with two attached hydrogens (primary N) is 1. The summed E-state index contributed by atoms with van der Waals surface area (Å²) in [7, 11) is 0. The maximum Gasteiger partial charge on any atom is 0.0702 e. The molecule has 0 aliphatic heterocycles. The van der Waals surface area contributed by atoms with Crippen molar-refractivity contribution in [3.8, 4) is 0 Å². The van der Waals surface area contributed by atoms with Crippen molar-refractivity contribution < 1.29 is 0 Å². The van der Waals surface area contributed by atoms with E-state index in [1.165, 1.54) is 10.9 Å². The molecule has 0 bridgehead atoms. The summed E-state index contributed by atoms with van der Waals surface area (Å²) in [5.74, 6) is 0. The van der Waals surface area contributed by atoms with E-state index in [2.05, 4.69) is 17.1 Å². The van der Waals surface area contributed by atoms with Crippen molar-refractivity contribution in [1.29, 1.82) is 0 Å². The van der Waals surface area contributed by atoms with Crippen molar-refractivity contribution in [2.45, 2.75) is 25.8 Å². The first-order valence-electron chi connectivity index (χ1n) is 5.35. The van der Waals surface area contributed by atoms with Gasteiger partial charge in [-0.25, -0.2) is 0 Å². The van der Waals surface area contributed by atoms with Gasteiger partial charge in [-0.15, -0.1) is 0 Å². The number of para-hydroxylation sites is 1. The summed E-state index contributed by atoms with van der Waals surface area (Å²) in [6.45, 7) is 2.04. The summed E-state index contributed by atoms with van der Waals surface area (Å²) in [5.41, 5.74) is 8.06. The molecular weight excluding hydrogens is 184 g/mol. The molecule has 1 heterocycles. The van der Waals surface area contributed by atoms with Crippen molar-refractivity contribution in [2.24, 2.45) is 5.73 Å². The fourth-order valence-corrected chi connectivity index (χ4v) is 1.65. The maximum atomic E-state index is 5.73. The molecule has 0 saturated carbocycles. The Bertz CT molecular complexity index is 449. The van der Waals surface area contributed by atoms with Gasteiger partial charge >= 0.3 is 0 Å². The lowest BCUT2D eigenvalue weighted by Gasteiger charge is -2.05. The van der Waals surface area contributed by atoms with Crippen LogP contribution in [0.25, 0.3) is 10.9 Å². The van der Waals surface area contributed by atoms with Crippen LogP contribution in [0.1, 0.15) is 18.9 Å². The van der Waals surface area contributed by atoms with Gasteiger partial charge in [0.2, 0.25) is 0 Å². The number of hydrogen-bond donors (Lipinski definition) is 1. The van der Waals surface area contributed by atoms with Gasteiger partial charge in [0, 0.05) is 17.6 Å². The van der Waals surface area contributed by atoms with Crippen molar-refractivity contribution in [3.05, 3.63) is 42.1 Å². The number of pyridine rings is 1. The van der Waals surface area contributed by atoms with Gasteiger partial charge in [0.05, 0.1) is 5.52 Å². The molecule has 2 nitrogen and oxygen atoms in total. The quantitative estimate of drug-likeness (QED) is 0.826. The van der Waals surface area contributed by atoms with Gasteiger partial charge in [-0.3, -0.25) is 4.98 Å². The fraction of sp³-hybridized carbons (Fsp3) is 0.308. The summed E-state index contributed by atoms with van der Waals surface area (Å²) in [6.07, 6.45) is 3.97. The number of hydrogen-bond acceptors (Lipinski definition) is 2. The summed E-state index contributed by atoms with van der Waals surface area (Å²) in [4.78, 5) is 4.42. The molecule has 1 unspecified atom stereocenters.